The van der Waals surface area contributed by atoms with E-state index in [-0.39, 0.29) is 0 Å². The summed E-state index contributed by atoms with van der Waals surface area (Å²) < 4.78 is 1.13. The number of halogens is 1. The molecule has 0 unspecified atom stereocenters. The molecule has 4 heteroatoms. The topological polar surface area (TPSA) is 32.5 Å². The lowest BCUT2D eigenvalue weighted by Gasteiger charge is -2.38. The quantitative estimate of drug-likeness (QED) is 0.860. The molecule has 1 saturated carbocycles. The Labute approximate surface area is 130 Å². The molecule has 20 heavy (non-hydrogen) atoms. The van der Waals surface area contributed by atoms with Gasteiger partial charge in [0.2, 0.25) is 0 Å². The molecule has 1 saturated heterocycles. The maximum absolute atomic E-state index is 5.80. The highest BCUT2D eigenvalue weighted by atomic mass is 79.9. The van der Waals surface area contributed by atoms with Crippen molar-refractivity contribution < 1.29 is 0 Å². The summed E-state index contributed by atoms with van der Waals surface area (Å²) in [6.07, 6.45) is 5.71. The fourth-order valence-electron chi connectivity index (χ4n) is 3.49. The summed E-state index contributed by atoms with van der Waals surface area (Å²) in [6.45, 7) is 5.87. The third-order valence-corrected chi connectivity index (χ3v) is 5.46. The van der Waals surface area contributed by atoms with Crippen LogP contribution < -0.4 is 5.73 Å². The summed E-state index contributed by atoms with van der Waals surface area (Å²) in [5.41, 5.74) is 7.97. The van der Waals surface area contributed by atoms with E-state index in [0.29, 0.717) is 0 Å². The largest absolute Gasteiger partial charge is 0.399 e. The van der Waals surface area contributed by atoms with E-state index < -0.39 is 0 Å². The second kappa shape index (κ2) is 6.46. The molecule has 3 rings (SSSR count). The van der Waals surface area contributed by atoms with Crippen LogP contribution in [0.1, 0.15) is 31.2 Å². The number of anilines is 1. The molecule has 0 spiro atoms. The van der Waals surface area contributed by atoms with Gasteiger partial charge in [0.1, 0.15) is 0 Å². The van der Waals surface area contributed by atoms with Crippen LogP contribution in [-0.2, 0) is 6.54 Å². The molecule has 1 aromatic carbocycles. The van der Waals surface area contributed by atoms with E-state index in [1.807, 2.05) is 12.1 Å². The smallest absolute Gasteiger partial charge is 0.0325 e. The van der Waals surface area contributed by atoms with Crippen molar-refractivity contribution in [2.75, 3.05) is 31.9 Å². The minimum Gasteiger partial charge on any atom is -0.399 e. The van der Waals surface area contributed by atoms with Gasteiger partial charge >= 0.3 is 0 Å². The van der Waals surface area contributed by atoms with Gasteiger partial charge in [0.05, 0.1) is 0 Å². The molecule has 3 nitrogen and oxygen atoms in total. The first-order valence-electron chi connectivity index (χ1n) is 7.73. The molecular weight excluding hydrogens is 314 g/mol. The summed E-state index contributed by atoms with van der Waals surface area (Å²) in [4.78, 5) is 5.27. The van der Waals surface area contributed by atoms with Crippen LogP contribution >= 0.6 is 15.9 Å². The molecule has 1 aliphatic carbocycles. The number of hydrogen-bond acceptors (Lipinski definition) is 3. The van der Waals surface area contributed by atoms with Crippen molar-refractivity contribution in [2.45, 2.75) is 38.3 Å². The maximum atomic E-state index is 5.80. The van der Waals surface area contributed by atoms with Crippen LogP contribution in [-0.4, -0.2) is 42.0 Å². The number of nitrogens with two attached hydrogens (primary N) is 1. The Hall–Kier alpha value is -0.580. The average molecular weight is 338 g/mol. The Balaban J connectivity index is 1.53. The molecule has 0 bridgehead atoms. The van der Waals surface area contributed by atoms with Gasteiger partial charge in [0, 0.05) is 48.9 Å². The van der Waals surface area contributed by atoms with Crippen LogP contribution in [0.25, 0.3) is 0 Å². The molecule has 2 N–H and O–H groups in total. The summed E-state index contributed by atoms with van der Waals surface area (Å²) >= 11 is 3.62. The Morgan fingerprint density at radius 3 is 2.45 bits per heavy atom. The monoisotopic (exact) mass is 337 g/mol. The summed E-state index contributed by atoms with van der Waals surface area (Å²) in [7, 11) is 0. The third kappa shape index (κ3) is 3.35. The molecule has 0 aromatic heterocycles. The van der Waals surface area contributed by atoms with Crippen molar-refractivity contribution in [2.24, 2.45) is 0 Å². The Kier molecular flexibility index (Phi) is 4.64. The molecule has 0 radical (unpaired) electrons. The Morgan fingerprint density at radius 1 is 1.10 bits per heavy atom. The third-order valence-electron chi connectivity index (χ3n) is 4.72. The van der Waals surface area contributed by atoms with E-state index in [1.54, 1.807) is 0 Å². The van der Waals surface area contributed by atoms with Crippen molar-refractivity contribution in [3.05, 3.63) is 28.2 Å². The van der Waals surface area contributed by atoms with Crippen LogP contribution in [0, 0.1) is 0 Å². The van der Waals surface area contributed by atoms with E-state index in [1.165, 1.54) is 57.4 Å². The van der Waals surface area contributed by atoms with Gasteiger partial charge in [0.15, 0.2) is 0 Å². The van der Waals surface area contributed by atoms with Crippen molar-refractivity contribution in [1.29, 1.82) is 0 Å². The minimum absolute atomic E-state index is 0.826. The zero-order valence-electron chi connectivity index (χ0n) is 12.0. The Morgan fingerprint density at radius 2 is 1.80 bits per heavy atom. The van der Waals surface area contributed by atoms with Gasteiger partial charge in [-0.15, -0.1) is 0 Å². The number of nitrogen functional groups attached to an aromatic ring is 1. The molecule has 1 heterocycles. The van der Waals surface area contributed by atoms with E-state index in [2.05, 4.69) is 31.8 Å². The van der Waals surface area contributed by atoms with Crippen LogP contribution in [0.5, 0.6) is 0 Å². The average Bonchev–Trinajstić information content (AvgIpc) is 2.97. The van der Waals surface area contributed by atoms with E-state index in [4.69, 9.17) is 5.73 Å². The first kappa shape index (κ1) is 14.4. The van der Waals surface area contributed by atoms with Crippen molar-refractivity contribution in [3.63, 3.8) is 0 Å². The lowest BCUT2D eigenvalue weighted by molar-refractivity contribution is 0.0936. The summed E-state index contributed by atoms with van der Waals surface area (Å²) in [6, 6.07) is 7.02. The lowest BCUT2D eigenvalue weighted by Crippen LogP contribution is -2.49. The van der Waals surface area contributed by atoms with Crippen LogP contribution in [0.15, 0.2) is 22.7 Å². The van der Waals surface area contributed by atoms with Crippen LogP contribution in [0.2, 0.25) is 0 Å². The highest BCUT2D eigenvalue weighted by Crippen LogP contribution is 2.25. The number of hydrogen-bond donors (Lipinski definition) is 1. The fourth-order valence-corrected chi connectivity index (χ4v) is 4.01. The van der Waals surface area contributed by atoms with Crippen LogP contribution in [0.4, 0.5) is 5.69 Å². The van der Waals surface area contributed by atoms with Gasteiger partial charge in [-0.25, -0.2) is 0 Å². The van der Waals surface area contributed by atoms with E-state index in [0.717, 1.165) is 22.7 Å². The first-order valence-corrected chi connectivity index (χ1v) is 8.52. The van der Waals surface area contributed by atoms with Gasteiger partial charge in [-0.3, -0.25) is 9.80 Å². The second-order valence-electron chi connectivity index (χ2n) is 6.10. The molecule has 0 atom stereocenters. The van der Waals surface area contributed by atoms with Crippen LogP contribution in [0.3, 0.4) is 0 Å². The lowest BCUT2D eigenvalue weighted by atomic mass is 10.1. The predicted molar refractivity (Wildman–Crippen MR) is 87.7 cm³/mol. The Bertz CT molecular complexity index is 449. The minimum atomic E-state index is 0.826. The molecule has 1 aliphatic heterocycles. The number of nitrogens with zero attached hydrogens (tertiary/aromatic N) is 2. The van der Waals surface area contributed by atoms with Gasteiger partial charge in [0.25, 0.3) is 0 Å². The van der Waals surface area contributed by atoms with E-state index >= 15 is 0 Å². The van der Waals surface area contributed by atoms with Gasteiger partial charge in [-0.1, -0.05) is 34.8 Å². The summed E-state index contributed by atoms with van der Waals surface area (Å²) in [5, 5.41) is 0. The summed E-state index contributed by atoms with van der Waals surface area (Å²) in [5.74, 6) is 0. The van der Waals surface area contributed by atoms with Gasteiger partial charge < -0.3 is 5.73 Å². The zero-order chi connectivity index (χ0) is 13.9. The SMILES string of the molecule is Nc1ccc(CN2CCN(C3CCCC3)CC2)c(Br)c1. The zero-order valence-corrected chi connectivity index (χ0v) is 13.6. The van der Waals surface area contributed by atoms with Gasteiger partial charge in [-0.05, 0) is 30.5 Å². The molecule has 110 valence electrons. The highest BCUT2D eigenvalue weighted by molar-refractivity contribution is 9.10. The molecule has 1 aromatic rings. The van der Waals surface area contributed by atoms with Crippen molar-refractivity contribution >= 4 is 21.6 Å². The van der Waals surface area contributed by atoms with E-state index in [9.17, 15) is 0 Å². The first-order chi connectivity index (χ1) is 9.72. The normalized spacial score (nSPS) is 22.4. The number of benzene rings is 1. The second-order valence-corrected chi connectivity index (χ2v) is 6.96. The predicted octanol–water partition coefficient (Wildman–Crippen LogP) is 3.09. The van der Waals surface area contributed by atoms with Crippen molar-refractivity contribution in [1.82, 2.24) is 9.80 Å². The number of piperazine rings is 1. The molecule has 0 amide bonds. The molecular formula is C16H24BrN3. The highest BCUT2D eigenvalue weighted by Gasteiger charge is 2.26. The molecule has 2 aliphatic rings. The molecule has 2 fully saturated rings. The maximum Gasteiger partial charge on any atom is 0.0325 e. The van der Waals surface area contributed by atoms with Crippen molar-refractivity contribution in [3.8, 4) is 0 Å². The fraction of sp³-hybridized carbons (Fsp3) is 0.625. The number of rotatable bonds is 3. The van der Waals surface area contributed by atoms with Gasteiger partial charge in [-0.2, -0.15) is 0 Å². The standard InChI is InChI=1S/C16H24BrN3/c17-16-11-14(18)6-5-13(16)12-19-7-9-20(10-8-19)15-3-1-2-4-15/h5-6,11,15H,1-4,7-10,12,18H2.